The third kappa shape index (κ3) is 3.68. The molecule has 104 valence electrons. The maximum absolute atomic E-state index is 12.0. The van der Waals surface area contributed by atoms with Crippen molar-refractivity contribution in [2.45, 2.75) is 18.4 Å². The SMILES string of the molecule is CN1CCC(CN)(NC(=O)Nc2ccccc2)CC1. The molecule has 2 amide bonds. The Morgan fingerprint density at radius 2 is 1.95 bits per heavy atom. The number of anilines is 1. The Morgan fingerprint density at radius 1 is 1.32 bits per heavy atom. The highest BCUT2D eigenvalue weighted by Crippen LogP contribution is 2.20. The average molecular weight is 262 g/mol. The molecular formula is C14H22N4O. The smallest absolute Gasteiger partial charge is 0.319 e. The summed E-state index contributed by atoms with van der Waals surface area (Å²) in [5.74, 6) is 0. The number of carbonyl (C=O) groups excluding carboxylic acids is 1. The number of rotatable bonds is 3. The Kier molecular flexibility index (Phi) is 4.39. The molecule has 1 fully saturated rings. The Morgan fingerprint density at radius 3 is 2.53 bits per heavy atom. The molecule has 5 heteroatoms. The van der Waals surface area contributed by atoms with Crippen LogP contribution in [-0.4, -0.2) is 43.2 Å². The first-order valence-electron chi connectivity index (χ1n) is 6.66. The van der Waals surface area contributed by atoms with E-state index in [4.69, 9.17) is 5.73 Å². The van der Waals surface area contributed by atoms with E-state index in [1.54, 1.807) is 0 Å². The Hall–Kier alpha value is -1.59. The number of amides is 2. The summed E-state index contributed by atoms with van der Waals surface area (Å²) in [7, 11) is 2.09. The summed E-state index contributed by atoms with van der Waals surface area (Å²) in [5, 5.41) is 5.89. The number of nitrogens with one attached hydrogen (secondary N) is 2. The van der Waals surface area contributed by atoms with Crippen molar-refractivity contribution in [3.05, 3.63) is 30.3 Å². The molecular weight excluding hydrogens is 240 g/mol. The monoisotopic (exact) mass is 262 g/mol. The van der Waals surface area contributed by atoms with Gasteiger partial charge in [0.05, 0.1) is 5.54 Å². The number of para-hydroxylation sites is 1. The van der Waals surface area contributed by atoms with Gasteiger partial charge in [-0.3, -0.25) is 0 Å². The van der Waals surface area contributed by atoms with Crippen molar-refractivity contribution < 1.29 is 4.79 Å². The van der Waals surface area contributed by atoms with Gasteiger partial charge in [-0.1, -0.05) is 18.2 Å². The predicted octanol–water partition coefficient (Wildman–Crippen LogP) is 1.23. The molecule has 5 nitrogen and oxygen atoms in total. The van der Waals surface area contributed by atoms with Crippen molar-refractivity contribution in [1.82, 2.24) is 10.2 Å². The van der Waals surface area contributed by atoms with E-state index in [9.17, 15) is 4.79 Å². The molecule has 0 spiro atoms. The van der Waals surface area contributed by atoms with E-state index in [1.807, 2.05) is 30.3 Å². The fourth-order valence-electron chi connectivity index (χ4n) is 2.35. The number of hydrogen-bond acceptors (Lipinski definition) is 3. The van der Waals surface area contributed by atoms with Crippen molar-refractivity contribution in [2.24, 2.45) is 5.73 Å². The summed E-state index contributed by atoms with van der Waals surface area (Å²) in [5.41, 5.74) is 6.38. The minimum atomic E-state index is -0.272. The van der Waals surface area contributed by atoms with Gasteiger partial charge < -0.3 is 21.3 Å². The van der Waals surface area contributed by atoms with E-state index in [-0.39, 0.29) is 11.6 Å². The average Bonchev–Trinajstić information content (AvgIpc) is 2.43. The van der Waals surface area contributed by atoms with Gasteiger partial charge in [-0.15, -0.1) is 0 Å². The van der Waals surface area contributed by atoms with Gasteiger partial charge in [0.2, 0.25) is 0 Å². The van der Waals surface area contributed by atoms with Crippen molar-refractivity contribution in [1.29, 1.82) is 0 Å². The molecule has 1 aromatic carbocycles. The van der Waals surface area contributed by atoms with Gasteiger partial charge in [-0.25, -0.2) is 4.79 Å². The molecule has 0 aromatic heterocycles. The highest BCUT2D eigenvalue weighted by atomic mass is 16.2. The molecule has 0 unspecified atom stereocenters. The fourth-order valence-corrected chi connectivity index (χ4v) is 2.35. The molecule has 0 aliphatic carbocycles. The normalized spacial score (nSPS) is 18.8. The van der Waals surface area contributed by atoms with Crippen LogP contribution in [0, 0.1) is 0 Å². The van der Waals surface area contributed by atoms with E-state index in [2.05, 4.69) is 22.6 Å². The van der Waals surface area contributed by atoms with Crippen LogP contribution >= 0.6 is 0 Å². The number of piperidine rings is 1. The van der Waals surface area contributed by atoms with Gasteiger partial charge in [-0.05, 0) is 32.0 Å². The summed E-state index contributed by atoms with van der Waals surface area (Å²) in [6, 6.07) is 9.25. The first-order chi connectivity index (χ1) is 9.13. The van der Waals surface area contributed by atoms with Gasteiger partial charge in [0.15, 0.2) is 0 Å². The molecule has 0 atom stereocenters. The number of benzene rings is 1. The molecule has 2 rings (SSSR count). The third-order valence-corrected chi connectivity index (χ3v) is 3.75. The zero-order valence-electron chi connectivity index (χ0n) is 11.4. The number of carbonyl (C=O) groups is 1. The summed E-state index contributed by atoms with van der Waals surface area (Å²) in [4.78, 5) is 14.3. The Labute approximate surface area is 114 Å². The number of nitrogens with zero attached hydrogens (tertiary/aromatic N) is 1. The number of likely N-dealkylation sites (tertiary alicyclic amines) is 1. The first kappa shape index (κ1) is 13.8. The molecule has 0 radical (unpaired) electrons. The fraction of sp³-hybridized carbons (Fsp3) is 0.500. The molecule has 19 heavy (non-hydrogen) atoms. The topological polar surface area (TPSA) is 70.4 Å². The van der Waals surface area contributed by atoms with Crippen LogP contribution in [0.1, 0.15) is 12.8 Å². The lowest BCUT2D eigenvalue weighted by atomic mass is 9.88. The predicted molar refractivity (Wildman–Crippen MR) is 77.1 cm³/mol. The summed E-state index contributed by atoms with van der Waals surface area (Å²) in [6.07, 6.45) is 1.78. The number of urea groups is 1. The molecule has 1 heterocycles. The first-order valence-corrected chi connectivity index (χ1v) is 6.66. The van der Waals surface area contributed by atoms with E-state index < -0.39 is 0 Å². The van der Waals surface area contributed by atoms with Crippen LogP contribution in [0.15, 0.2) is 30.3 Å². The minimum Gasteiger partial charge on any atom is -0.331 e. The van der Waals surface area contributed by atoms with E-state index in [0.717, 1.165) is 31.6 Å². The molecule has 1 aliphatic rings. The second kappa shape index (κ2) is 6.04. The molecule has 0 saturated carbocycles. The maximum Gasteiger partial charge on any atom is 0.319 e. The Bertz CT molecular complexity index is 413. The van der Waals surface area contributed by atoms with Gasteiger partial charge in [0.25, 0.3) is 0 Å². The van der Waals surface area contributed by atoms with Gasteiger partial charge in [0, 0.05) is 25.3 Å². The molecule has 4 N–H and O–H groups in total. The van der Waals surface area contributed by atoms with E-state index in [0.29, 0.717) is 6.54 Å². The minimum absolute atomic E-state index is 0.179. The van der Waals surface area contributed by atoms with Crippen LogP contribution in [-0.2, 0) is 0 Å². The van der Waals surface area contributed by atoms with Crippen molar-refractivity contribution in [3.63, 3.8) is 0 Å². The molecule has 1 aromatic rings. The number of nitrogens with two attached hydrogens (primary N) is 1. The van der Waals surface area contributed by atoms with Gasteiger partial charge in [-0.2, -0.15) is 0 Å². The summed E-state index contributed by atoms with van der Waals surface area (Å²) >= 11 is 0. The van der Waals surface area contributed by atoms with E-state index in [1.165, 1.54) is 0 Å². The highest BCUT2D eigenvalue weighted by molar-refractivity contribution is 5.89. The molecule has 1 saturated heterocycles. The second-order valence-electron chi connectivity index (χ2n) is 5.23. The maximum atomic E-state index is 12.0. The van der Waals surface area contributed by atoms with Crippen molar-refractivity contribution in [3.8, 4) is 0 Å². The lowest BCUT2D eigenvalue weighted by molar-refractivity contribution is 0.165. The second-order valence-corrected chi connectivity index (χ2v) is 5.23. The van der Waals surface area contributed by atoms with E-state index >= 15 is 0 Å². The van der Waals surface area contributed by atoms with Crippen LogP contribution in [0.25, 0.3) is 0 Å². The largest absolute Gasteiger partial charge is 0.331 e. The quantitative estimate of drug-likeness (QED) is 0.767. The molecule has 1 aliphatic heterocycles. The zero-order chi connectivity index (χ0) is 13.7. The lowest BCUT2D eigenvalue weighted by Gasteiger charge is -2.40. The highest BCUT2D eigenvalue weighted by Gasteiger charge is 2.33. The van der Waals surface area contributed by atoms with Crippen LogP contribution in [0.4, 0.5) is 10.5 Å². The van der Waals surface area contributed by atoms with Crippen molar-refractivity contribution in [2.75, 3.05) is 32.0 Å². The van der Waals surface area contributed by atoms with Crippen LogP contribution in [0.5, 0.6) is 0 Å². The summed E-state index contributed by atoms with van der Waals surface area (Å²) < 4.78 is 0. The standard InChI is InChI=1S/C14H22N4O/c1-18-9-7-14(11-15,8-10-18)17-13(19)16-12-5-3-2-4-6-12/h2-6H,7-11,15H2,1H3,(H2,16,17,19). The number of hydrogen-bond donors (Lipinski definition) is 3. The van der Waals surface area contributed by atoms with Gasteiger partial charge in [0.1, 0.15) is 0 Å². The summed E-state index contributed by atoms with van der Waals surface area (Å²) in [6.45, 7) is 2.40. The van der Waals surface area contributed by atoms with Crippen LogP contribution < -0.4 is 16.4 Å². The third-order valence-electron chi connectivity index (χ3n) is 3.75. The van der Waals surface area contributed by atoms with Crippen molar-refractivity contribution >= 4 is 11.7 Å². The Balaban J connectivity index is 1.93. The zero-order valence-corrected chi connectivity index (χ0v) is 11.4. The van der Waals surface area contributed by atoms with Crippen LogP contribution in [0.2, 0.25) is 0 Å². The van der Waals surface area contributed by atoms with Crippen LogP contribution in [0.3, 0.4) is 0 Å². The van der Waals surface area contributed by atoms with Gasteiger partial charge >= 0.3 is 6.03 Å². The molecule has 0 bridgehead atoms. The lowest BCUT2D eigenvalue weighted by Crippen LogP contribution is -2.59.